The van der Waals surface area contributed by atoms with E-state index in [1.54, 1.807) is 6.07 Å². The summed E-state index contributed by atoms with van der Waals surface area (Å²) in [5.74, 6) is 3.22. The van der Waals surface area contributed by atoms with Crippen molar-refractivity contribution in [2.24, 2.45) is 0 Å². The zero-order valence-electron chi connectivity index (χ0n) is 16.3. The van der Waals surface area contributed by atoms with Gasteiger partial charge in [-0.15, -0.1) is 10.2 Å². The predicted molar refractivity (Wildman–Crippen MR) is 108 cm³/mol. The van der Waals surface area contributed by atoms with E-state index in [2.05, 4.69) is 20.1 Å². The Bertz CT molecular complexity index is 846. The predicted octanol–water partition coefficient (Wildman–Crippen LogP) is 4.02. The molecule has 0 bridgehead atoms. The van der Waals surface area contributed by atoms with Crippen LogP contribution in [0.5, 0.6) is 11.5 Å². The minimum Gasteiger partial charge on any atom is -0.490 e. The maximum Gasteiger partial charge on any atom is 0.234 e. The average Bonchev–Trinajstić information content (AvgIpc) is 3.61. The summed E-state index contributed by atoms with van der Waals surface area (Å²) in [4.78, 5) is 12.5. The highest BCUT2D eigenvalue weighted by Crippen LogP contribution is 2.46. The number of anilines is 1. The fourth-order valence-corrected chi connectivity index (χ4v) is 3.95. The van der Waals surface area contributed by atoms with Gasteiger partial charge in [-0.25, -0.2) is 0 Å². The van der Waals surface area contributed by atoms with Crippen molar-refractivity contribution in [3.8, 4) is 11.5 Å². The molecule has 1 aromatic heterocycles. The van der Waals surface area contributed by atoms with Gasteiger partial charge in [0, 0.05) is 23.7 Å². The normalized spacial score (nSPS) is 16.1. The molecule has 2 aromatic rings. The highest BCUT2D eigenvalue weighted by molar-refractivity contribution is 7.99. The maximum atomic E-state index is 12.5. The molecule has 8 heteroatoms. The Kier molecular flexibility index (Phi) is 5.75. The quantitative estimate of drug-likeness (QED) is 0.605. The van der Waals surface area contributed by atoms with Crippen molar-refractivity contribution in [2.45, 2.75) is 56.6 Å². The maximum absolute atomic E-state index is 12.5. The summed E-state index contributed by atoms with van der Waals surface area (Å²) in [7, 11) is 0. The third kappa shape index (κ3) is 4.43. The number of hydrogen-bond donors (Lipinski definition) is 1. The van der Waals surface area contributed by atoms with Crippen LogP contribution in [0.3, 0.4) is 0 Å². The number of carbonyl (C=O) groups is 1. The molecule has 0 saturated heterocycles. The standard InChI is InChI=1S/C20H26N4O3S/c1-3-26-16-10-7-14(11-17(16)27-4-2)21-18(25)12-28-20-23-22-19(13-5-6-13)24(20)15-8-9-15/h7,10-11,13,15H,3-6,8-9,12H2,1-2H3,(H,21,25). The van der Waals surface area contributed by atoms with E-state index < -0.39 is 0 Å². The van der Waals surface area contributed by atoms with Crippen molar-refractivity contribution in [3.05, 3.63) is 24.0 Å². The Morgan fingerprint density at radius 2 is 1.89 bits per heavy atom. The smallest absolute Gasteiger partial charge is 0.234 e. The second-order valence-corrected chi connectivity index (χ2v) is 8.02. The molecule has 0 radical (unpaired) electrons. The third-order valence-corrected chi connectivity index (χ3v) is 5.65. The van der Waals surface area contributed by atoms with Crippen molar-refractivity contribution in [2.75, 3.05) is 24.3 Å². The SMILES string of the molecule is CCOc1ccc(NC(=O)CSc2nnc(C3CC3)n2C2CC2)cc1OCC. The Morgan fingerprint density at radius 1 is 1.14 bits per heavy atom. The summed E-state index contributed by atoms with van der Waals surface area (Å²) in [6, 6.07) is 5.97. The van der Waals surface area contributed by atoms with E-state index in [-0.39, 0.29) is 5.91 Å². The van der Waals surface area contributed by atoms with Gasteiger partial charge in [0.2, 0.25) is 5.91 Å². The minimum atomic E-state index is -0.0741. The van der Waals surface area contributed by atoms with Gasteiger partial charge in [-0.2, -0.15) is 0 Å². The summed E-state index contributed by atoms with van der Waals surface area (Å²) in [6.45, 7) is 4.95. The molecule has 1 heterocycles. The molecular formula is C20H26N4O3S. The Morgan fingerprint density at radius 3 is 2.57 bits per heavy atom. The Hall–Kier alpha value is -2.22. The van der Waals surface area contributed by atoms with Gasteiger partial charge in [0.15, 0.2) is 16.7 Å². The second kappa shape index (κ2) is 8.43. The number of ether oxygens (including phenoxy) is 2. The molecule has 0 unspecified atom stereocenters. The van der Waals surface area contributed by atoms with Crippen LogP contribution in [0, 0.1) is 0 Å². The van der Waals surface area contributed by atoms with Crippen molar-refractivity contribution < 1.29 is 14.3 Å². The summed E-state index contributed by atoms with van der Waals surface area (Å²) >= 11 is 1.46. The van der Waals surface area contributed by atoms with Crippen molar-refractivity contribution >= 4 is 23.4 Å². The lowest BCUT2D eigenvalue weighted by Gasteiger charge is -2.13. The first-order chi connectivity index (χ1) is 13.7. The van der Waals surface area contributed by atoms with Crippen molar-refractivity contribution in [1.29, 1.82) is 0 Å². The zero-order chi connectivity index (χ0) is 19.5. The van der Waals surface area contributed by atoms with Gasteiger partial charge in [-0.3, -0.25) is 4.79 Å². The van der Waals surface area contributed by atoms with Gasteiger partial charge < -0.3 is 19.4 Å². The summed E-state index contributed by atoms with van der Waals surface area (Å²) < 4.78 is 13.4. The molecule has 2 aliphatic rings. The van der Waals surface area contributed by atoms with E-state index in [4.69, 9.17) is 9.47 Å². The first kappa shape index (κ1) is 19.1. The van der Waals surface area contributed by atoms with E-state index in [1.807, 2.05) is 26.0 Å². The second-order valence-electron chi connectivity index (χ2n) is 7.08. The largest absolute Gasteiger partial charge is 0.490 e. The molecule has 4 rings (SSSR count). The van der Waals surface area contributed by atoms with Crippen LogP contribution in [0.25, 0.3) is 0 Å². The Balaban J connectivity index is 1.38. The van der Waals surface area contributed by atoms with Crippen LogP contribution in [0.2, 0.25) is 0 Å². The van der Waals surface area contributed by atoms with Crippen molar-refractivity contribution in [1.82, 2.24) is 14.8 Å². The highest BCUT2D eigenvalue weighted by Gasteiger charge is 2.36. The molecule has 1 aromatic carbocycles. The van der Waals surface area contributed by atoms with Gasteiger partial charge in [-0.05, 0) is 51.7 Å². The first-order valence-electron chi connectivity index (χ1n) is 9.96. The van der Waals surface area contributed by atoms with Crippen molar-refractivity contribution in [3.63, 3.8) is 0 Å². The van der Waals surface area contributed by atoms with Crippen LogP contribution in [0.1, 0.15) is 57.3 Å². The number of rotatable bonds is 10. The van der Waals surface area contributed by atoms with Gasteiger partial charge >= 0.3 is 0 Å². The van der Waals surface area contributed by atoms with E-state index in [1.165, 1.54) is 37.4 Å². The number of nitrogens with one attached hydrogen (secondary N) is 1. The zero-order valence-corrected chi connectivity index (χ0v) is 17.1. The number of nitrogens with zero attached hydrogens (tertiary/aromatic N) is 3. The molecule has 0 atom stereocenters. The lowest BCUT2D eigenvalue weighted by atomic mass is 10.2. The van der Waals surface area contributed by atoms with Gasteiger partial charge in [0.25, 0.3) is 0 Å². The first-order valence-corrected chi connectivity index (χ1v) is 10.9. The molecule has 0 spiro atoms. The number of carbonyl (C=O) groups excluding carboxylic acids is 1. The monoisotopic (exact) mass is 402 g/mol. The van der Waals surface area contributed by atoms with Crippen LogP contribution in [0.15, 0.2) is 23.4 Å². The van der Waals surface area contributed by atoms with Crippen LogP contribution >= 0.6 is 11.8 Å². The molecule has 7 nitrogen and oxygen atoms in total. The van der Waals surface area contributed by atoms with E-state index >= 15 is 0 Å². The molecule has 0 aliphatic heterocycles. The number of hydrogen-bond acceptors (Lipinski definition) is 6. The van der Waals surface area contributed by atoms with Gasteiger partial charge in [0.05, 0.1) is 19.0 Å². The fourth-order valence-electron chi connectivity index (χ4n) is 3.14. The van der Waals surface area contributed by atoms with Crippen LogP contribution in [0.4, 0.5) is 5.69 Å². The summed E-state index contributed by atoms with van der Waals surface area (Å²) in [5.41, 5.74) is 0.694. The minimum absolute atomic E-state index is 0.0741. The summed E-state index contributed by atoms with van der Waals surface area (Å²) in [5, 5.41) is 12.5. The lowest BCUT2D eigenvalue weighted by Crippen LogP contribution is -2.15. The molecule has 2 fully saturated rings. The molecule has 150 valence electrons. The van der Waals surface area contributed by atoms with E-state index in [0.29, 0.717) is 48.1 Å². The Labute approximate surface area is 169 Å². The van der Waals surface area contributed by atoms with Crippen LogP contribution in [-0.4, -0.2) is 39.6 Å². The molecule has 1 amide bonds. The summed E-state index contributed by atoms with van der Waals surface area (Å²) in [6.07, 6.45) is 4.78. The number of aromatic nitrogens is 3. The molecular weight excluding hydrogens is 376 g/mol. The molecule has 2 aliphatic carbocycles. The molecule has 28 heavy (non-hydrogen) atoms. The van der Waals surface area contributed by atoms with Gasteiger partial charge in [-0.1, -0.05) is 11.8 Å². The topological polar surface area (TPSA) is 78.3 Å². The van der Waals surface area contributed by atoms with E-state index in [0.717, 1.165) is 11.0 Å². The lowest BCUT2D eigenvalue weighted by molar-refractivity contribution is -0.113. The van der Waals surface area contributed by atoms with E-state index in [9.17, 15) is 4.79 Å². The highest BCUT2D eigenvalue weighted by atomic mass is 32.2. The van der Waals surface area contributed by atoms with Gasteiger partial charge in [0.1, 0.15) is 5.82 Å². The average molecular weight is 403 g/mol. The number of thioether (sulfide) groups is 1. The third-order valence-electron chi connectivity index (χ3n) is 4.70. The van der Waals surface area contributed by atoms with Crippen LogP contribution < -0.4 is 14.8 Å². The molecule has 2 saturated carbocycles. The number of benzene rings is 1. The number of amides is 1. The molecule has 1 N–H and O–H groups in total. The fraction of sp³-hybridized carbons (Fsp3) is 0.550. The van der Waals surface area contributed by atoms with Crippen LogP contribution in [-0.2, 0) is 4.79 Å².